The van der Waals surface area contributed by atoms with Crippen LogP contribution in [0.1, 0.15) is 94.8 Å². The monoisotopic (exact) mass is 528 g/mol. The molecule has 1 fully saturated rings. The molecule has 212 valence electrons. The van der Waals surface area contributed by atoms with Crippen LogP contribution in [0.15, 0.2) is 36.7 Å². The molecule has 1 aliphatic rings. The molecule has 1 aromatic carbocycles. The summed E-state index contributed by atoms with van der Waals surface area (Å²) in [5.74, 6) is 0. The van der Waals surface area contributed by atoms with Crippen LogP contribution < -0.4 is 0 Å². The average Bonchev–Trinajstić information content (AvgIpc) is 2.95. The maximum Gasteiger partial charge on any atom is 0.130 e. The van der Waals surface area contributed by atoms with Gasteiger partial charge in [0.2, 0.25) is 0 Å². The predicted molar refractivity (Wildman–Crippen MR) is 149 cm³/mol. The fourth-order valence-corrected chi connectivity index (χ4v) is 4.71. The van der Waals surface area contributed by atoms with Crippen molar-refractivity contribution in [3.05, 3.63) is 59.2 Å². The van der Waals surface area contributed by atoms with Crippen LogP contribution in [0.2, 0.25) is 0 Å². The molecule has 0 amide bonds. The number of aliphatic hydroxyl groups excluding tert-OH is 1. The maximum absolute atomic E-state index is 10.3. The van der Waals surface area contributed by atoms with Crippen LogP contribution in [0.5, 0.6) is 0 Å². The van der Waals surface area contributed by atoms with Crippen molar-refractivity contribution in [2.75, 3.05) is 26.4 Å². The van der Waals surface area contributed by atoms with Crippen LogP contribution in [0, 0.1) is 0 Å². The molecule has 2 aromatic rings. The summed E-state index contributed by atoms with van der Waals surface area (Å²) >= 11 is 0. The molecule has 5 atom stereocenters. The van der Waals surface area contributed by atoms with E-state index in [1.54, 1.807) is 6.20 Å². The fraction of sp³-hybridized carbons (Fsp3) is 0.677. The molecule has 3 rings (SSSR count). The van der Waals surface area contributed by atoms with E-state index in [1.165, 1.54) is 11.1 Å². The summed E-state index contributed by atoms with van der Waals surface area (Å²) in [6.07, 6.45) is 8.91. The second-order valence-electron chi connectivity index (χ2n) is 10.1. The number of rotatable bonds is 17. The van der Waals surface area contributed by atoms with Gasteiger partial charge in [0.15, 0.2) is 0 Å². The first-order chi connectivity index (χ1) is 18.6. The van der Waals surface area contributed by atoms with Crippen molar-refractivity contribution in [3.8, 4) is 0 Å². The molecule has 1 unspecified atom stereocenters. The number of ether oxygens (including phenoxy) is 4. The van der Waals surface area contributed by atoms with E-state index in [0.29, 0.717) is 31.9 Å². The number of hydrogen-bond acceptors (Lipinski definition) is 7. The second kappa shape index (κ2) is 16.9. The van der Waals surface area contributed by atoms with E-state index in [4.69, 9.17) is 23.9 Å². The van der Waals surface area contributed by atoms with Gasteiger partial charge >= 0.3 is 0 Å². The zero-order valence-electron chi connectivity index (χ0n) is 23.8. The summed E-state index contributed by atoms with van der Waals surface area (Å²) in [5.41, 5.74) is 4.07. The SMILES string of the molecule is CCCCOC1[C@@H](OCCCC)[C@H](c2cncc(Cc3ccc(CC)cc3)n2)O[C@H](CO)[C@H]1OCCCC. The van der Waals surface area contributed by atoms with Crippen LogP contribution in [0.4, 0.5) is 0 Å². The van der Waals surface area contributed by atoms with Gasteiger partial charge in [-0.3, -0.25) is 9.97 Å². The number of aryl methyl sites for hydroxylation is 1. The number of benzene rings is 1. The number of nitrogens with zero attached hydrogens (tertiary/aromatic N) is 2. The van der Waals surface area contributed by atoms with E-state index in [9.17, 15) is 5.11 Å². The van der Waals surface area contributed by atoms with Gasteiger partial charge < -0.3 is 24.1 Å². The average molecular weight is 529 g/mol. The third-order valence-electron chi connectivity index (χ3n) is 7.05. The third kappa shape index (κ3) is 8.82. The molecule has 0 aliphatic carbocycles. The van der Waals surface area contributed by atoms with Crippen molar-refractivity contribution in [1.29, 1.82) is 0 Å². The Morgan fingerprint density at radius 2 is 1.34 bits per heavy atom. The molecular formula is C31H48N2O5. The van der Waals surface area contributed by atoms with E-state index in [-0.39, 0.29) is 12.7 Å². The van der Waals surface area contributed by atoms with Crippen LogP contribution in [0.25, 0.3) is 0 Å². The lowest BCUT2D eigenvalue weighted by molar-refractivity contribution is -0.267. The summed E-state index contributed by atoms with van der Waals surface area (Å²) in [5, 5.41) is 10.3. The van der Waals surface area contributed by atoms with Crippen LogP contribution in [-0.2, 0) is 31.8 Å². The Kier molecular flexibility index (Phi) is 13.7. The van der Waals surface area contributed by atoms with E-state index in [1.807, 2.05) is 6.20 Å². The van der Waals surface area contributed by atoms with Gasteiger partial charge in [-0.2, -0.15) is 0 Å². The van der Waals surface area contributed by atoms with Gasteiger partial charge in [0.05, 0.1) is 24.2 Å². The zero-order chi connectivity index (χ0) is 27.2. The molecule has 1 saturated heterocycles. The van der Waals surface area contributed by atoms with Gasteiger partial charge in [-0.1, -0.05) is 71.2 Å². The van der Waals surface area contributed by atoms with Crippen LogP contribution in [-0.4, -0.2) is 65.9 Å². The van der Waals surface area contributed by atoms with E-state index in [2.05, 4.69) is 56.9 Å². The molecule has 0 spiro atoms. The molecule has 7 nitrogen and oxygen atoms in total. The lowest BCUT2D eigenvalue weighted by Gasteiger charge is -2.45. The molecule has 1 aliphatic heterocycles. The zero-order valence-corrected chi connectivity index (χ0v) is 23.8. The summed E-state index contributed by atoms with van der Waals surface area (Å²) in [7, 11) is 0. The van der Waals surface area contributed by atoms with Crippen molar-refractivity contribution in [2.45, 2.75) is 110 Å². The third-order valence-corrected chi connectivity index (χ3v) is 7.05. The molecule has 38 heavy (non-hydrogen) atoms. The van der Waals surface area contributed by atoms with Gasteiger partial charge in [-0.25, -0.2) is 0 Å². The minimum atomic E-state index is -0.540. The normalized spacial score (nSPS) is 23.6. The van der Waals surface area contributed by atoms with Crippen molar-refractivity contribution in [2.24, 2.45) is 0 Å². The highest BCUT2D eigenvalue weighted by Gasteiger charge is 2.49. The highest BCUT2D eigenvalue weighted by Crippen LogP contribution is 2.36. The Morgan fingerprint density at radius 1 is 0.763 bits per heavy atom. The highest BCUT2D eigenvalue weighted by atomic mass is 16.6. The van der Waals surface area contributed by atoms with Gasteiger partial charge in [0.25, 0.3) is 0 Å². The Bertz CT molecular complexity index is 909. The first-order valence-electron chi connectivity index (χ1n) is 14.6. The lowest BCUT2D eigenvalue weighted by Crippen LogP contribution is -2.58. The predicted octanol–water partition coefficient (Wildman–Crippen LogP) is 5.62. The Hall–Kier alpha value is -1.90. The smallest absolute Gasteiger partial charge is 0.130 e. The lowest BCUT2D eigenvalue weighted by atomic mass is 9.92. The largest absolute Gasteiger partial charge is 0.394 e. The van der Waals surface area contributed by atoms with Crippen LogP contribution >= 0.6 is 0 Å². The summed E-state index contributed by atoms with van der Waals surface area (Å²) in [6.45, 7) is 10.2. The molecule has 1 N–H and O–H groups in total. The number of unbranched alkanes of at least 4 members (excludes halogenated alkanes) is 3. The molecule has 2 heterocycles. The standard InChI is InChI=1S/C31H48N2O5/c1-5-9-16-35-29-27(22-34)38-28(30(36-17-10-6-2)31(29)37-18-11-7-3)26-21-32-20-25(33-26)19-24-14-12-23(8-4)13-15-24/h12-15,20-21,27-31,34H,5-11,16-19,22H2,1-4H3/t27-,28+,29-,30+,31?/m1/s1. The summed E-state index contributed by atoms with van der Waals surface area (Å²) in [6, 6.07) is 8.63. The molecule has 0 radical (unpaired) electrons. The summed E-state index contributed by atoms with van der Waals surface area (Å²) < 4.78 is 25.7. The minimum absolute atomic E-state index is 0.167. The Balaban J connectivity index is 1.89. The van der Waals surface area contributed by atoms with Gasteiger partial charge in [0, 0.05) is 32.4 Å². The topological polar surface area (TPSA) is 82.9 Å². The molecule has 0 bridgehead atoms. The quantitative estimate of drug-likeness (QED) is 0.267. The first-order valence-corrected chi connectivity index (χ1v) is 14.6. The molecule has 1 aromatic heterocycles. The van der Waals surface area contributed by atoms with Gasteiger partial charge in [-0.15, -0.1) is 0 Å². The van der Waals surface area contributed by atoms with Crippen molar-refractivity contribution >= 4 is 0 Å². The van der Waals surface area contributed by atoms with E-state index in [0.717, 1.165) is 50.6 Å². The Labute approximate surface area is 229 Å². The minimum Gasteiger partial charge on any atom is -0.394 e. The number of aliphatic hydroxyl groups is 1. The molecule has 0 saturated carbocycles. The van der Waals surface area contributed by atoms with Gasteiger partial charge in [0.1, 0.15) is 30.5 Å². The highest BCUT2D eigenvalue weighted by molar-refractivity contribution is 5.26. The van der Waals surface area contributed by atoms with E-state index < -0.39 is 24.4 Å². The van der Waals surface area contributed by atoms with Crippen molar-refractivity contribution in [1.82, 2.24) is 9.97 Å². The maximum atomic E-state index is 10.3. The summed E-state index contributed by atoms with van der Waals surface area (Å²) in [4.78, 5) is 9.49. The Morgan fingerprint density at radius 3 is 1.92 bits per heavy atom. The number of hydrogen-bond donors (Lipinski definition) is 1. The molecular weight excluding hydrogens is 480 g/mol. The fourth-order valence-electron chi connectivity index (χ4n) is 4.71. The van der Waals surface area contributed by atoms with Crippen molar-refractivity contribution in [3.63, 3.8) is 0 Å². The first kappa shape index (κ1) is 30.6. The van der Waals surface area contributed by atoms with E-state index >= 15 is 0 Å². The van der Waals surface area contributed by atoms with Crippen molar-refractivity contribution < 1.29 is 24.1 Å². The molecule has 7 heteroatoms. The van der Waals surface area contributed by atoms with Crippen LogP contribution in [0.3, 0.4) is 0 Å². The van der Waals surface area contributed by atoms with Gasteiger partial charge in [-0.05, 0) is 36.8 Å². The second-order valence-corrected chi connectivity index (χ2v) is 10.1. The number of aromatic nitrogens is 2.